The van der Waals surface area contributed by atoms with E-state index in [9.17, 15) is 26.3 Å². The van der Waals surface area contributed by atoms with Crippen LogP contribution >= 0.6 is 0 Å². The summed E-state index contributed by atoms with van der Waals surface area (Å²) in [6, 6.07) is 6.05. The summed E-state index contributed by atoms with van der Waals surface area (Å²) in [7, 11) is 0. The molecule has 2 aromatic carbocycles. The van der Waals surface area contributed by atoms with Gasteiger partial charge in [-0.3, -0.25) is 0 Å². The summed E-state index contributed by atoms with van der Waals surface area (Å²) in [5.41, 5.74) is 2.93. The number of rotatable bonds is 2. The lowest BCUT2D eigenvalue weighted by molar-refractivity contribution is -0.142. The van der Waals surface area contributed by atoms with Crippen molar-refractivity contribution in [1.29, 1.82) is 0 Å². The number of alkyl halides is 6. The number of hydrogen-bond donors (Lipinski definition) is 2. The van der Waals surface area contributed by atoms with E-state index < -0.39 is 29.6 Å². The molecule has 1 atom stereocenters. The van der Waals surface area contributed by atoms with Gasteiger partial charge in [-0.2, -0.15) is 26.3 Å². The molecule has 0 fully saturated rings. The zero-order valence-corrected chi connectivity index (χ0v) is 13.2. The maximum Gasteiger partial charge on any atom is 0.417 e. The van der Waals surface area contributed by atoms with Crippen LogP contribution in [0, 0.1) is 0 Å². The van der Waals surface area contributed by atoms with Gasteiger partial charge in [0.05, 0.1) is 23.4 Å². The Kier molecular flexibility index (Phi) is 4.51. The molecular weight excluding hydrogens is 362 g/mol. The van der Waals surface area contributed by atoms with Crippen molar-refractivity contribution in [2.45, 2.75) is 18.5 Å². The quantitative estimate of drug-likeness (QED) is 0.758. The van der Waals surface area contributed by atoms with Gasteiger partial charge in [-0.15, -0.1) is 0 Å². The van der Waals surface area contributed by atoms with Crippen molar-refractivity contribution in [2.24, 2.45) is 5.73 Å². The SMILES string of the molecule is NC[C@H]1CNc2cccc(-c3ccc(C(F)(F)F)cc3C(F)(F)F)c2O1. The Labute approximate surface area is 144 Å². The minimum Gasteiger partial charge on any atom is -0.484 e. The maximum atomic E-state index is 13.4. The number of anilines is 1. The monoisotopic (exact) mass is 376 g/mol. The molecule has 0 radical (unpaired) electrons. The van der Waals surface area contributed by atoms with E-state index in [-0.39, 0.29) is 29.5 Å². The summed E-state index contributed by atoms with van der Waals surface area (Å²) >= 11 is 0. The van der Waals surface area contributed by atoms with Crippen molar-refractivity contribution < 1.29 is 31.1 Å². The second-order valence-electron chi connectivity index (χ2n) is 5.79. The van der Waals surface area contributed by atoms with Gasteiger partial charge in [-0.1, -0.05) is 18.2 Å². The van der Waals surface area contributed by atoms with E-state index in [1.54, 1.807) is 6.07 Å². The molecule has 3 N–H and O–H groups in total. The molecular formula is C17H14F6N2O. The molecule has 9 heteroatoms. The number of nitrogens with two attached hydrogens (primary N) is 1. The van der Waals surface area contributed by atoms with Gasteiger partial charge in [0.25, 0.3) is 0 Å². The van der Waals surface area contributed by atoms with E-state index in [1.165, 1.54) is 12.1 Å². The van der Waals surface area contributed by atoms with Crippen LogP contribution in [0.15, 0.2) is 36.4 Å². The predicted octanol–water partition coefficient (Wildman–Crippen LogP) is 4.52. The third-order valence-electron chi connectivity index (χ3n) is 4.03. The van der Waals surface area contributed by atoms with Crippen molar-refractivity contribution in [3.63, 3.8) is 0 Å². The molecule has 1 heterocycles. The normalized spacial score (nSPS) is 17.3. The van der Waals surface area contributed by atoms with Crippen LogP contribution < -0.4 is 15.8 Å². The Morgan fingerprint density at radius 3 is 2.35 bits per heavy atom. The van der Waals surface area contributed by atoms with Gasteiger partial charge < -0.3 is 15.8 Å². The first kappa shape index (κ1) is 18.4. The smallest absolute Gasteiger partial charge is 0.417 e. The molecule has 140 valence electrons. The average molecular weight is 376 g/mol. The molecule has 3 nitrogen and oxygen atoms in total. The molecule has 0 unspecified atom stereocenters. The second-order valence-corrected chi connectivity index (χ2v) is 5.79. The molecule has 26 heavy (non-hydrogen) atoms. The van der Waals surface area contributed by atoms with Crippen molar-refractivity contribution in [3.05, 3.63) is 47.5 Å². The van der Waals surface area contributed by atoms with Crippen LogP contribution in [0.2, 0.25) is 0 Å². The molecule has 0 spiro atoms. The highest BCUT2D eigenvalue weighted by Gasteiger charge is 2.39. The van der Waals surface area contributed by atoms with Crippen molar-refractivity contribution in [1.82, 2.24) is 0 Å². The molecule has 1 aliphatic rings. The van der Waals surface area contributed by atoms with Crippen LogP contribution in [0.4, 0.5) is 32.0 Å². The summed E-state index contributed by atoms with van der Waals surface area (Å²) in [5.74, 6) is 0.138. The minimum atomic E-state index is -4.96. The third-order valence-corrected chi connectivity index (χ3v) is 4.03. The Morgan fingerprint density at radius 1 is 1.00 bits per heavy atom. The molecule has 0 saturated heterocycles. The van der Waals surface area contributed by atoms with E-state index in [0.29, 0.717) is 18.3 Å². The number of nitrogens with one attached hydrogen (secondary N) is 1. The van der Waals surface area contributed by atoms with Gasteiger partial charge in [0, 0.05) is 12.1 Å². The van der Waals surface area contributed by atoms with E-state index in [0.717, 1.165) is 6.07 Å². The Hall–Kier alpha value is -2.42. The highest BCUT2D eigenvalue weighted by molar-refractivity contribution is 5.81. The van der Waals surface area contributed by atoms with Crippen molar-refractivity contribution >= 4 is 5.69 Å². The van der Waals surface area contributed by atoms with Crippen LogP contribution in [-0.2, 0) is 12.4 Å². The van der Waals surface area contributed by atoms with Gasteiger partial charge in [0.15, 0.2) is 5.75 Å². The number of benzene rings is 2. The standard InChI is InChI=1S/C17H14F6N2O/c18-16(19,20)9-4-5-11(13(6-9)17(21,22)23)12-2-1-3-14-15(12)26-10(7-24)8-25-14/h1-6,10,25H,7-8,24H2/t10-/m0/s1. The predicted molar refractivity (Wildman–Crippen MR) is 83.8 cm³/mol. The van der Waals surface area contributed by atoms with Crippen molar-refractivity contribution in [3.8, 4) is 16.9 Å². The van der Waals surface area contributed by atoms with Gasteiger partial charge in [-0.25, -0.2) is 0 Å². The zero-order chi connectivity index (χ0) is 19.1. The molecule has 3 rings (SSSR count). The Balaban J connectivity index is 2.19. The highest BCUT2D eigenvalue weighted by Crippen LogP contribution is 2.45. The molecule has 0 saturated carbocycles. The van der Waals surface area contributed by atoms with Gasteiger partial charge in [-0.05, 0) is 23.8 Å². The number of halogens is 6. The third kappa shape index (κ3) is 3.44. The van der Waals surface area contributed by atoms with Crippen LogP contribution in [0.3, 0.4) is 0 Å². The first-order chi connectivity index (χ1) is 12.1. The number of para-hydroxylation sites is 1. The maximum absolute atomic E-state index is 13.4. The summed E-state index contributed by atoms with van der Waals surface area (Å²) in [5, 5.41) is 3.00. The molecule has 0 bridgehead atoms. The minimum absolute atomic E-state index is 0.0502. The number of hydrogen-bond acceptors (Lipinski definition) is 3. The number of ether oxygens (including phenoxy) is 1. The zero-order valence-electron chi connectivity index (χ0n) is 13.2. The lowest BCUT2D eigenvalue weighted by Gasteiger charge is -2.29. The van der Waals surface area contributed by atoms with E-state index in [4.69, 9.17) is 10.5 Å². The van der Waals surface area contributed by atoms with Gasteiger partial charge >= 0.3 is 12.4 Å². The molecule has 0 amide bonds. The molecule has 0 aliphatic carbocycles. The van der Waals surface area contributed by atoms with Crippen LogP contribution in [0.5, 0.6) is 5.75 Å². The first-order valence-corrected chi connectivity index (χ1v) is 7.63. The average Bonchev–Trinajstić information content (AvgIpc) is 2.58. The Morgan fingerprint density at radius 2 is 1.73 bits per heavy atom. The fourth-order valence-corrected chi connectivity index (χ4v) is 2.77. The fraction of sp³-hybridized carbons (Fsp3) is 0.294. The lowest BCUT2D eigenvalue weighted by Crippen LogP contribution is -2.37. The highest BCUT2D eigenvalue weighted by atomic mass is 19.4. The van der Waals surface area contributed by atoms with Crippen LogP contribution in [-0.4, -0.2) is 19.2 Å². The molecule has 1 aliphatic heterocycles. The van der Waals surface area contributed by atoms with Crippen LogP contribution in [0.25, 0.3) is 11.1 Å². The van der Waals surface area contributed by atoms with Gasteiger partial charge in [0.2, 0.25) is 0 Å². The van der Waals surface area contributed by atoms with Crippen molar-refractivity contribution in [2.75, 3.05) is 18.4 Å². The molecule has 2 aromatic rings. The van der Waals surface area contributed by atoms with Crippen LogP contribution in [0.1, 0.15) is 11.1 Å². The summed E-state index contributed by atoms with van der Waals surface area (Å²) in [6.07, 6.45) is -10.3. The topological polar surface area (TPSA) is 47.3 Å². The van der Waals surface area contributed by atoms with E-state index >= 15 is 0 Å². The van der Waals surface area contributed by atoms with E-state index in [1.807, 2.05) is 0 Å². The van der Waals surface area contributed by atoms with Gasteiger partial charge in [0.1, 0.15) is 6.10 Å². The summed E-state index contributed by atoms with van der Waals surface area (Å²) in [4.78, 5) is 0. The second kappa shape index (κ2) is 6.39. The largest absolute Gasteiger partial charge is 0.484 e. The first-order valence-electron chi connectivity index (χ1n) is 7.63. The summed E-state index contributed by atoms with van der Waals surface area (Å²) < 4.78 is 84.5. The number of fused-ring (bicyclic) bond motifs is 1. The van der Waals surface area contributed by atoms with E-state index in [2.05, 4.69) is 5.32 Å². The summed E-state index contributed by atoms with van der Waals surface area (Å²) in [6.45, 7) is 0.520. The fourth-order valence-electron chi connectivity index (χ4n) is 2.77. The molecule has 0 aromatic heterocycles. The Bertz CT molecular complexity index is 816. The lowest BCUT2D eigenvalue weighted by atomic mass is 9.95.